The number of hydrogen-bond donors (Lipinski definition) is 2. The van der Waals surface area contributed by atoms with Crippen molar-refractivity contribution in [2.24, 2.45) is 5.92 Å². The first-order valence-corrected chi connectivity index (χ1v) is 15.3. The topological polar surface area (TPSA) is 127 Å². The summed E-state index contributed by atoms with van der Waals surface area (Å²) in [6, 6.07) is 8.14. The molecule has 4 aromatic rings. The second kappa shape index (κ2) is 11.7. The number of methoxy groups -OCH3 is 1. The first kappa shape index (κ1) is 28.2. The van der Waals surface area contributed by atoms with E-state index in [0.717, 1.165) is 29.5 Å². The summed E-state index contributed by atoms with van der Waals surface area (Å²) in [5, 5.41) is 10.1. The van der Waals surface area contributed by atoms with Gasteiger partial charge in [0.05, 0.1) is 25.0 Å². The predicted molar refractivity (Wildman–Crippen MR) is 158 cm³/mol. The van der Waals surface area contributed by atoms with Crippen molar-refractivity contribution < 1.29 is 13.2 Å². The van der Waals surface area contributed by atoms with E-state index in [0.29, 0.717) is 53.8 Å². The maximum absolute atomic E-state index is 11.4. The van der Waals surface area contributed by atoms with E-state index in [1.54, 1.807) is 24.1 Å². The second-order valence-corrected chi connectivity index (χ2v) is 12.5. The van der Waals surface area contributed by atoms with Crippen LogP contribution in [0.2, 0.25) is 5.15 Å². The summed E-state index contributed by atoms with van der Waals surface area (Å²) in [6.45, 7) is 7.46. The van der Waals surface area contributed by atoms with E-state index in [2.05, 4.69) is 56.0 Å². The van der Waals surface area contributed by atoms with Gasteiger partial charge in [-0.05, 0) is 35.1 Å². The number of nitrogens with zero attached hydrogens (tertiary/aromatic N) is 6. The number of pyridine rings is 1. The van der Waals surface area contributed by atoms with Gasteiger partial charge in [0.15, 0.2) is 11.0 Å². The fourth-order valence-corrected chi connectivity index (χ4v) is 5.56. The molecule has 0 spiro atoms. The van der Waals surface area contributed by atoms with Crippen LogP contribution in [0.4, 0.5) is 17.3 Å². The molecule has 0 unspecified atom stereocenters. The Morgan fingerprint density at radius 1 is 1.15 bits per heavy atom. The maximum atomic E-state index is 11.4. The zero-order valence-electron chi connectivity index (χ0n) is 22.9. The number of rotatable bonds is 11. The van der Waals surface area contributed by atoms with Gasteiger partial charge in [0, 0.05) is 62.3 Å². The Hall–Kier alpha value is -3.32. The molecule has 0 radical (unpaired) electrons. The molecule has 1 aliphatic rings. The maximum Gasteiger partial charge on any atom is 0.208 e. The Bertz CT molecular complexity index is 1620. The first-order chi connectivity index (χ1) is 19.1. The van der Waals surface area contributed by atoms with Gasteiger partial charge < -0.3 is 15.0 Å². The lowest BCUT2D eigenvalue weighted by Crippen LogP contribution is -2.51. The SMILES string of the molecule is COCCn1cc(-c2nccc(Nc3cc4c(C(C)C)ccc(N5CC(CNS(C)(=O)=O)C5)c4cn3)n2)c(Cl)n1. The van der Waals surface area contributed by atoms with Gasteiger partial charge in [-0.3, -0.25) is 4.68 Å². The van der Waals surface area contributed by atoms with Crippen LogP contribution in [0.25, 0.3) is 22.2 Å². The highest BCUT2D eigenvalue weighted by Crippen LogP contribution is 2.37. The molecule has 5 rings (SSSR count). The molecule has 0 aliphatic carbocycles. The Balaban J connectivity index is 1.38. The van der Waals surface area contributed by atoms with E-state index in [-0.39, 0.29) is 5.92 Å². The first-order valence-electron chi connectivity index (χ1n) is 13.1. The van der Waals surface area contributed by atoms with Gasteiger partial charge in [0.1, 0.15) is 11.6 Å². The molecule has 1 fully saturated rings. The third-order valence-electron chi connectivity index (χ3n) is 6.86. The summed E-state index contributed by atoms with van der Waals surface area (Å²) in [5.74, 6) is 2.30. The predicted octanol–water partition coefficient (Wildman–Crippen LogP) is 4.04. The van der Waals surface area contributed by atoms with E-state index in [1.165, 1.54) is 11.8 Å². The lowest BCUT2D eigenvalue weighted by atomic mass is 9.93. The van der Waals surface area contributed by atoms with Gasteiger partial charge in [-0.25, -0.2) is 28.1 Å². The Kier molecular flexibility index (Phi) is 8.22. The average Bonchev–Trinajstić information content (AvgIpc) is 3.26. The lowest BCUT2D eigenvalue weighted by Gasteiger charge is -2.41. The minimum absolute atomic E-state index is 0.274. The number of aromatic nitrogens is 5. The number of fused-ring (bicyclic) bond motifs is 1. The molecule has 212 valence electrons. The molecule has 1 aliphatic heterocycles. The molecule has 2 N–H and O–H groups in total. The number of sulfonamides is 1. The second-order valence-electron chi connectivity index (χ2n) is 10.3. The van der Waals surface area contributed by atoms with Crippen LogP contribution in [0.3, 0.4) is 0 Å². The fourth-order valence-electron chi connectivity index (χ4n) is 4.80. The largest absolute Gasteiger partial charge is 0.383 e. The van der Waals surface area contributed by atoms with Crippen LogP contribution in [-0.2, 0) is 21.3 Å². The quantitative estimate of drug-likeness (QED) is 0.268. The number of halogens is 1. The molecule has 4 heterocycles. The average molecular weight is 585 g/mol. The zero-order chi connectivity index (χ0) is 28.4. The summed E-state index contributed by atoms with van der Waals surface area (Å²) >= 11 is 6.37. The molecule has 0 atom stereocenters. The van der Waals surface area contributed by atoms with E-state index in [1.807, 2.05) is 18.5 Å². The number of ether oxygens (including phenoxy) is 1. The molecular weight excluding hydrogens is 552 g/mol. The van der Waals surface area contributed by atoms with E-state index < -0.39 is 10.0 Å². The standard InChI is InChI=1S/C27H33ClN8O3S/c1-17(2)19-5-6-23(35-14-18(15-35)12-31-40(4,37)38)21-13-30-25(11-20(19)21)32-24-7-8-29-27(33-24)22-16-36(9-10-39-3)34-26(22)28/h5-8,11,13,16-18,31H,9-10,12,14-15H2,1-4H3,(H,29,30,32,33). The van der Waals surface area contributed by atoms with Crippen LogP contribution < -0.4 is 14.9 Å². The smallest absolute Gasteiger partial charge is 0.208 e. The zero-order valence-corrected chi connectivity index (χ0v) is 24.5. The third kappa shape index (κ3) is 6.35. The molecule has 11 nitrogen and oxygen atoms in total. The number of benzene rings is 1. The number of hydrogen-bond acceptors (Lipinski definition) is 9. The molecule has 0 saturated carbocycles. The fraction of sp³-hybridized carbons (Fsp3) is 0.407. The highest BCUT2D eigenvalue weighted by Gasteiger charge is 2.29. The molecule has 40 heavy (non-hydrogen) atoms. The molecule has 0 bridgehead atoms. The normalized spacial score (nSPS) is 14.2. The van der Waals surface area contributed by atoms with Crippen LogP contribution in [0, 0.1) is 5.92 Å². The highest BCUT2D eigenvalue weighted by atomic mass is 35.5. The molecule has 3 aromatic heterocycles. The minimum atomic E-state index is -3.19. The summed E-state index contributed by atoms with van der Waals surface area (Å²) in [5.41, 5.74) is 2.95. The van der Waals surface area contributed by atoms with Crippen LogP contribution in [0.15, 0.2) is 42.9 Å². The highest BCUT2D eigenvalue weighted by molar-refractivity contribution is 7.88. The van der Waals surface area contributed by atoms with Crippen molar-refractivity contribution in [3.05, 3.63) is 53.6 Å². The monoisotopic (exact) mass is 584 g/mol. The summed E-state index contributed by atoms with van der Waals surface area (Å²) in [6.07, 6.45) is 6.56. The van der Waals surface area contributed by atoms with E-state index >= 15 is 0 Å². The van der Waals surface area contributed by atoms with Gasteiger partial charge in [-0.15, -0.1) is 0 Å². The van der Waals surface area contributed by atoms with Crippen LogP contribution in [0.1, 0.15) is 25.3 Å². The summed E-state index contributed by atoms with van der Waals surface area (Å²) in [4.78, 5) is 16.0. The van der Waals surface area contributed by atoms with Crippen molar-refractivity contribution in [1.29, 1.82) is 0 Å². The van der Waals surface area contributed by atoms with E-state index in [4.69, 9.17) is 21.3 Å². The van der Waals surface area contributed by atoms with Crippen LogP contribution in [0.5, 0.6) is 0 Å². The van der Waals surface area contributed by atoms with Crippen LogP contribution in [-0.4, -0.2) is 72.8 Å². The molecular formula is C27H33ClN8O3S. The molecule has 1 saturated heterocycles. The Labute approximate surface area is 239 Å². The van der Waals surface area contributed by atoms with Gasteiger partial charge in [0.2, 0.25) is 10.0 Å². The van der Waals surface area contributed by atoms with E-state index in [9.17, 15) is 8.42 Å². The van der Waals surface area contributed by atoms with Crippen LogP contribution >= 0.6 is 11.6 Å². The summed E-state index contributed by atoms with van der Waals surface area (Å²) < 4.78 is 32.3. The Morgan fingerprint density at radius 2 is 1.95 bits per heavy atom. The van der Waals surface area contributed by atoms with Crippen molar-refractivity contribution >= 4 is 49.7 Å². The van der Waals surface area contributed by atoms with Gasteiger partial charge in [-0.2, -0.15) is 5.10 Å². The third-order valence-corrected chi connectivity index (χ3v) is 7.83. The van der Waals surface area contributed by atoms with Crippen molar-refractivity contribution in [3.8, 4) is 11.4 Å². The minimum Gasteiger partial charge on any atom is -0.383 e. The Morgan fingerprint density at radius 3 is 2.67 bits per heavy atom. The summed E-state index contributed by atoms with van der Waals surface area (Å²) in [7, 11) is -1.55. The molecule has 0 amide bonds. The van der Waals surface area contributed by atoms with Gasteiger partial charge in [-0.1, -0.05) is 31.5 Å². The van der Waals surface area contributed by atoms with Gasteiger partial charge in [0.25, 0.3) is 0 Å². The van der Waals surface area contributed by atoms with Crippen molar-refractivity contribution in [2.45, 2.75) is 26.3 Å². The molecule has 13 heteroatoms. The van der Waals surface area contributed by atoms with Crippen molar-refractivity contribution in [3.63, 3.8) is 0 Å². The van der Waals surface area contributed by atoms with Crippen molar-refractivity contribution in [1.82, 2.24) is 29.5 Å². The number of anilines is 3. The lowest BCUT2D eigenvalue weighted by molar-refractivity contribution is 0.183. The molecule has 1 aromatic carbocycles. The van der Waals surface area contributed by atoms with Gasteiger partial charge >= 0.3 is 0 Å². The van der Waals surface area contributed by atoms with Crippen molar-refractivity contribution in [2.75, 3.05) is 49.8 Å². The number of nitrogens with one attached hydrogen (secondary N) is 2.